The second-order valence-electron chi connectivity index (χ2n) is 21.0. The lowest BCUT2D eigenvalue weighted by Crippen LogP contribution is -2.30. The van der Waals surface area contributed by atoms with Crippen molar-refractivity contribution in [2.75, 3.05) is 13.2 Å². The van der Waals surface area contributed by atoms with E-state index in [1.807, 2.05) is 0 Å². The van der Waals surface area contributed by atoms with Crippen molar-refractivity contribution in [1.82, 2.24) is 0 Å². The molecule has 0 aliphatic carbocycles. The van der Waals surface area contributed by atoms with E-state index in [-0.39, 0.29) is 31.1 Å². The first-order valence-corrected chi connectivity index (χ1v) is 32.0. The van der Waals surface area contributed by atoms with Crippen LogP contribution in [-0.4, -0.2) is 37.2 Å². The zero-order valence-corrected chi connectivity index (χ0v) is 50.2. The van der Waals surface area contributed by atoms with Crippen molar-refractivity contribution in [1.29, 1.82) is 0 Å². The van der Waals surface area contributed by atoms with Crippen LogP contribution < -0.4 is 0 Å². The lowest BCUT2D eigenvalue weighted by molar-refractivity contribution is -0.167. The normalized spacial score (nSPS) is 12.9. The van der Waals surface area contributed by atoms with Crippen LogP contribution in [0.15, 0.2) is 122 Å². The first kappa shape index (κ1) is 72.8. The molecule has 0 saturated carbocycles. The maximum atomic E-state index is 12.9. The molecule has 6 nitrogen and oxygen atoms in total. The first-order chi connectivity index (χ1) is 38.0. The summed E-state index contributed by atoms with van der Waals surface area (Å²) in [6, 6.07) is 0. The Morgan fingerprint density at radius 2 is 0.506 bits per heavy atom. The van der Waals surface area contributed by atoms with Gasteiger partial charge < -0.3 is 14.2 Å². The van der Waals surface area contributed by atoms with Gasteiger partial charge in [-0.25, -0.2) is 0 Å². The molecule has 6 heteroatoms. The van der Waals surface area contributed by atoms with Gasteiger partial charge in [0.2, 0.25) is 0 Å². The molecule has 0 radical (unpaired) electrons. The SMILES string of the molecule is CC/C=C\C/C=C\C/C=C\C/C=C\C/C=C\C/C=C\C/C=C\C/C=C\C/C=C\C/C=C\CCCCC(=O)OCC(COC(=O)CCCCCCCCCCCCC)OC(=O)CCCCCCCCCCCCCCCCC. The van der Waals surface area contributed by atoms with Gasteiger partial charge in [-0.3, -0.25) is 14.4 Å². The second kappa shape index (κ2) is 64.3. The topological polar surface area (TPSA) is 78.9 Å². The van der Waals surface area contributed by atoms with Gasteiger partial charge in [-0.15, -0.1) is 0 Å². The Labute approximate surface area is 475 Å². The highest BCUT2D eigenvalue weighted by Gasteiger charge is 2.19. The quantitative estimate of drug-likeness (QED) is 0.0261. The number of hydrogen-bond donors (Lipinski definition) is 0. The molecule has 0 spiro atoms. The summed E-state index contributed by atoms with van der Waals surface area (Å²) in [5.74, 6) is -0.929. The van der Waals surface area contributed by atoms with Gasteiger partial charge in [-0.2, -0.15) is 0 Å². The maximum absolute atomic E-state index is 12.9. The summed E-state index contributed by atoms with van der Waals surface area (Å²) >= 11 is 0. The van der Waals surface area contributed by atoms with E-state index in [4.69, 9.17) is 14.2 Å². The lowest BCUT2D eigenvalue weighted by atomic mass is 10.0. The van der Waals surface area contributed by atoms with Crippen LogP contribution in [0.25, 0.3) is 0 Å². The second-order valence-corrected chi connectivity index (χ2v) is 21.0. The fourth-order valence-electron chi connectivity index (χ4n) is 8.71. The number of rotatable bonds is 57. The highest BCUT2D eigenvalue weighted by Crippen LogP contribution is 2.16. The molecule has 0 rings (SSSR count). The summed E-state index contributed by atoms with van der Waals surface area (Å²) in [4.78, 5) is 38.2. The maximum Gasteiger partial charge on any atom is 0.306 e. The van der Waals surface area contributed by atoms with E-state index in [9.17, 15) is 14.4 Å². The third-order valence-electron chi connectivity index (χ3n) is 13.5. The van der Waals surface area contributed by atoms with Crippen LogP contribution in [0.2, 0.25) is 0 Å². The van der Waals surface area contributed by atoms with Crippen molar-refractivity contribution in [3.05, 3.63) is 122 Å². The average molecular weight is 1070 g/mol. The van der Waals surface area contributed by atoms with Crippen molar-refractivity contribution in [2.45, 2.75) is 297 Å². The number of ether oxygens (including phenoxy) is 3. The van der Waals surface area contributed by atoms with Crippen LogP contribution in [0.5, 0.6) is 0 Å². The summed E-state index contributed by atoms with van der Waals surface area (Å²) in [7, 11) is 0. The monoisotopic (exact) mass is 1070 g/mol. The molecule has 438 valence electrons. The minimum Gasteiger partial charge on any atom is -0.462 e. The van der Waals surface area contributed by atoms with Gasteiger partial charge >= 0.3 is 17.9 Å². The summed E-state index contributed by atoms with van der Waals surface area (Å²) in [6.45, 7) is 6.50. The van der Waals surface area contributed by atoms with Gasteiger partial charge in [0.15, 0.2) is 6.10 Å². The first-order valence-electron chi connectivity index (χ1n) is 32.0. The van der Waals surface area contributed by atoms with Crippen molar-refractivity contribution in [2.24, 2.45) is 0 Å². The molecule has 0 fully saturated rings. The number of unbranched alkanes of at least 4 members (excludes halogenated alkanes) is 26. The van der Waals surface area contributed by atoms with Crippen LogP contribution in [0.1, 0.15) is 290 Å². The Bertz CT molecular complexity index is 1600. The molecule has 0 aliphatic heterocycles. The lowest BCUT2D eigenvalue weighted by Gasteiger charge is -2.18. The van der Waals surface area contributed by atoms with Crippen LogP contribution in [0.3, 0.4) is 0 Å². The Morgan fingerprint density at radius 1 is 0.273 bits per heavy atom. The summed E-state index contributed by atoms with van der Waals surface area (Å²) in [5, 5.41) is 0. The molecule has 77 heavy (non-hydrogen) atoms. The predicted octanol–water partition coefficient (Wildman–Crippen LogP) is 22.0. The molecule has 0 bridgehead atoms. The number of allylic oxidation sites excluding steroid dienone is 20. The van der Waals surface area contributed by atoms with Crippen molar-refractivity contribution in [3.63, 3.8) is 0 Å². The van der Waals surface area contributed by atoms with Gasteiger partial charge in [0.1, 0.15) is 13.2 Å². The third kappa shape index (κ3) is 62.5. The Hall–Kier alpha value is -4.19. The number of carbonyl (C=O) groups excluding carboxylic acids is 3. The molecule has 0 amide bonds. The molecule has 1 unspecified atom stereocenters. The van der Waals surface area contributed by atoms with E-state index in [1.54, 1.807) is 0 Å². The van der Waals surface area contributed by atoms with Crippen LogP contribution >= 0.6 is 0 Å². The number of hydrogen-bond acceptors (Lipinski definition) is 6. The van der Waals surface area contributed by atoms with E-state index in [0.29, 0.717) is 19.3 Å². The standard InChI is InChI=1S/C71H118O6/c1-4-7-10-13-16-19-22-24-26-27-28-29-30-31-32-33-34-35-36-37-38-39-40-41-42-43-45-46-49-52-55-58-61-64-70(73)76-67-68(66-75-69(72)63-60-57-54-51-48-21-18-15-12-9-6-3)77-71(74)65-62-59-56-53-50-47-44-25-23-20-17-14-11-8-5-2/h7,10,16,19,24,26,28-29,31-32,34-35,37-38,40-41,43,45,49,52,68H,4-6,8-9,11-15,17-18,20-23,25,27,30,33,36,39,42,44,46-48,50-51,53-67H2,1-3H3/b10-7-,19-16-,26-24-,29-28-,32-31-,35-34-,38-37-,41-40-,45-43-,52-49-. The molecule has 0 heterocycles. The van der Waals surface area contributed by atoms with Crippen LogP contribution in [0, 0.1) is 0 Å². The highest BCUT2D eigenvalue weighted by molar-refractivity contribution is 5.71. The largest absolute Gasteiger partial charge is 0.462 e. The van der Waals surface area contributed by atoms with E-state index in [1.165, 1.54) is 128 Å². The Kier molecular flexibility index (Phi) is 60.8. The van der Waals surface area contributed by atoms with Gasteiger partial charge in [0, 0.05) is 19.3 Å². The minimum absolute atomic E-state index is 0.0894. The molecule has 0 aromatic carbocycles. The zero-order chi connectivity index (χ0) is 55.7. The fourth-order valence-corrected chi connectivity index (χ4v) is 8.71. The zero-order valence-electron chi connectivity index (χ0n) is 50.2. The average Bonchev–Trinajstić information content (AvgIpc) is 3.43. The van der Waals surface area contributed by atoms with Crippen LogP contribution in [-0.2, 0) is 28.6 Å². The Morgan fingerprint density at radius 3 is 0.792 bits per heavy atom. The number of carbonyl (C=O) groups is 3. The van der Waals surface area contributed by atoms with Crippen LogP contribution in [0.4, 0.5) is 0 Å². The predicted molar refractivity (Wildman–Crippen MR) is 334 cm³/mol. The minimum atomic E-state index is -0.794. The molecule has 0 aliphatic rings. The third-order valence-corrected chi connectivity index (χ3v) is 13.5. The molecular formula is C71H118O6. The van der Waals surface area contributed by atoms with Gasteiger partial charge in [-0.1, -0.05) is 296 Å². The van der Waals surface area contributed by atoms with Gasteiger partial charge in [0.05, 0.1) is 0 Å². The van der Waals surface area contributed by atoms with Crippen molar-refractivity contribution < 1.29 is 28.6 Å². The molecule has 0 N–H and O–H groups in total. The molecule has 0 saturated heterocycles. The van der Waals surface area contributed by atoms with Gasteiger partial charge in [0.25, 0.3) is 0 Å². The Balaban J connectivity index is 4.32. The molecular weight excluding hydrogens is 949 g/mol. The smallest absolute Gasteiger partial charge is 0.306 e. The molecule has 0 aromatic heterocycles. The van der Waals surface area contributed by atoms with Crippen molar-refractivity contribution in [3.8, 4) is 0 Å². The fraction of sp³-hybridized carbons (Fsp3) is 0.676. The number of esters is 3. The summed E-state index contributed by atoms with van der Waals surface area (Å²) < 4.78 is 16.8. The summed E-state index contributed by atoms with van der Waals surface area (Å²) in [5.41, 5.74) is 0. The van der Waals surface area contributed by atoms with E-state index < -0.39 is 6.10 Å². The van der Waals surface area contributed by atoms with Gasteiger partial charge in [-0.05, 0) is 96.3 Å². The molecule has 1 atom stereocenters. The van der Waals surface area contributed by atoms with Crippen molar-refractivity contribution >= 4 is 17.9 Å². The van der Waals surface area contributed by atoms with E-state index >= 15 is 0 Å². The van der Waals surface area contributed by atoms with E-state index in [0.717, 1.165) is 122 Å². The van der Waals surface area contributed by atoms with E-state index in [2.05, 4.69) is 142 Å². The highest BCUT2D eigenvalue weighted by atomic mass is 16.6. The molecule has 0 aromatic rings. The summed E-state index contributed by atoms with van der Waals surface area (Å²) in [6.07, 6.45) is 89.2.